The lowest BCUT2D eigenvalue weighted by Gasteiger charge is -2.30. The normalized spacial score (nSPS) is 20.6. The van der Waals surface area contributed by atoms with Gasteiger partial charge in [-0.15, -0.1) is 0 Å². The third kappa shape index (κ3) is 4.09. The van der Waals surface area contributed by atoms with Crippen molar-refractivity contribution in [2.75, 3.05) is 26.2 Å². The van der Waals surface area contributed by atoms with Crippen molar-refractivity contribution in [3.8, 4) is 0 Å². The molecule has 2 heterocycles. The topological polar surface area (TPSA) is 15.3 Å². The van der Waals surface area contributed by atoms with Crippen molar-refractivity contribution in [1.29, 1.82) is 0 Å². The zero-order valence-corrected chi connectivity index (χ0v) is 11.8. The van der Waals surface area contributed by atoms with Crippen LogP contribution in [0, 0.1) is 5.92 Å². The molecular weight excluding hydrogens is 228 g/mol. The van der Waals surface area contributed by atoms with Gasteiger partial charge in [-0.2, -0.15) is 11.3 Å². The molecule has 1 unspecified atom stereocenters. The van der Waals surface area contributed by atoms with Crippen LogP contribution in [0.25, 0.3) is 0 Å². The summed E-state index contributed by atoms with van der Waals surface area (Å²) in [5.41, 5.74) is 1.42. The summed E-state index contributed by atoms with van der Waals surface area (Å²) in [6, 6.07) is 2.70. The third-order valence-corrected chi connectivity index (χ3v) is 4.50. The minimum atomic E-state index is 0.491. The summed E-state index contributed by atoms with van der Waals surface area (Å²) in [5, 5.41) is 8.00. The van der Waals surface area contributed by atoms with Crippen LogP contribution in [0.4, 0.5) is 0 Å². The highest BCUT2D eigenvalue weighted by atomic mass is 32.1. The summed E-state index contributed by atoms with van der Waals surface area (Å²) < 4.78 is 0. The first kappa shape index (κ1) is 13.1. The number of nitrogens with zero attached hydrogens (tertiary/aromatic N) is 1. The van der Waals surface area contributed by atoms with Gasteiger partial charge in [0.15, 0.2) is 0 Å². The molecule has 1 N–H and O–H groups in total. The van der Waals surface area contributed by atoms with E-state index in [-0.39, 0.29) is 0 Å². The van der Waals surface area contributed by atoms with Gasteiger partial charge in [-0.05, 0) is 61.2 Å². The van der Waals surface area contributed by atoms with Gasteiger partial charge in [-0.3, -0.25) is 0 Å². The Morgan fingerprint density at radius 2 is 2.24 bits per heavy atom. The maximum atomic E-state index is 3.61. The summed E-state index contributed by atoms with van der Waals surface area (Å²) in [6.45, 7) is 9.49. The number of thiophene rings is 1. The largest absolute Gasteiger partial charge is 0.309 e. The second-order valence-corrected chi connectivity index (χ2v) is 6.04. The average molecular weight is 252 g/mol. The molecule has 1 aliphatic rings. The fourth-order valence-corrected chi connectivity index (χ4v) is 3.12. The Bertz CT molecular complexity index is 302. The van der Waals surface area contributed by atoms with Crippen molar-refractivity contribution >= 4 is 11.3 Å². The van der Waals surface area contributed by atoms with E-state index in [4.69, 9.17) is 0 Å². The summed E-state index contributed by atoms with van der Waals surface area (Å²) in [5.74, 6) is 0.934. The lowest BCUT2D eigenvalue weighted by Crippen LogP contribution is -2.38. The van der Waals surface area contributed by atoms with Crippen LogP contribution in [0.5, 0.6) is 0 Å². The highest BCUT2D eigenvalue weighted by Crippen LogP contribution is 2.16. The van der Waals surface area contributed by atoms with E-state index < -0.39 is 0 Å². The first-order valence-electron chi connectivity index (χ1n) is 6.73. The standard InChI is InChI=1S/C14H24N2S/c1-12-3-7-16(8-4-12)9-6-15-13(2)14-5-10-17-11-14/h5,10-13,15H,3-4,6-9H2,1-2H3. The molecule has 0 spiro atoms. The Morgan fingerprint density at radius 1 is 1.47 bits per heavy atom. The third-order valence-electron chi connectivity index (χ3n) is 3.80. The maximum Gasteiger partial charge on any atom is 0.0300 e. The molecule has 0 aliphatic carbocycles. The monoisotopic (exact) mass is 252 g/mol. The number of piperidine rings is 1. The number of hydrogen-bond donors (Lipinski definition) is 1. The molecule has 0 aromatic carbocycles. The average Bonchev–Trinajstić information content (AvgIpc) is 2.85. The molecule has 2 nitrogen and oxygen atoms in total. The van der Waals surface area contributed by atoms with Crippen molar-refractivity contribution < 1.29 is 0 Å². The molecule has 1 fully saturated rings. The molecule has 0 amide bonds. The van der Waals surface area contributed by atoms with Crippen molar-refractivity contribution in [3.63, 3.8) is 0 Å². The molecule has 96 valence electrons. The van der Waals surface area contributed by atoms with Crippen molar-refractivity contribution in [2.45, 2.75) is 32.7 Å². The van der Waals surface area contributed by atoms with Gasteiger partial charge in [0.2, 0.25) is 0 Å². The van der Waals surface area contributed by atoms with Gasteiger partial charge in [0.25, 0.3) is 0 Å². The van der Waals surface area contributed by atoms with Crippen LogP contribution < -0.4 is 5.32 Å². The molecule has 3 heteroatoms. The Kier molecular flexibility index (Phi) is 5.01. The quantitative estimate of drug-likeness (QED) is 0.866. The molecule has 0 bridgehead atoms. The first-order valence-corrected chi connectivity index (χ1v) is 7.68. The smallest absolute Gasteiger partial charge is 0.0300 e. The molecule has 1 aliphatic heterocycles. The van der Waals surface area contributed by atoms with Crippen LogP contribution in [-0.2, 0) is 0 Å². The van der Waals surface area contributed by atoms with Gasteiger partial charge in [0, 0.05) is 19.1 Å². The van der Waals surface area contributed by atoms with Crippen molar-refractivity contribution in [2.24, 2.45) is 5.92 Å². The number of nitrogens with one attached hydrogen (secondary N) is 1. The second kappa shape index (κ2) is 6.53. The van der Waals surface area contributed by atoms with E-state index in [0.29, 0.717) is 6.04 Å². The van der Waals surface area contributed by atoms with Gasteiger partial charge in [-0.1, -0.05) is 6.92 Å². The van der Waals surface area contributed by atoms with Gasteiger partial charge >= 0.3 is 0 Å². The van der Waals surface area contributed by atoms with Crippen LogP contribution in [0.3, 0.4) is 0 Å². The first-order chi connectivity index (χ1) is 8.25. The SMILES string of the molecule is CC1CCN(CCNC(C)c2ccsc2)CC1. The van der Waals surface area contributed by atoms with Gasteiger partial charge in [0.05, 0.1) is 0 Å². The van der Waals surface area contributed by atoms with E-state index in [1.54, 1.807) is 11.3 Å². The molecule has 1 atom stereocenters. The number of rotatable bonds is 5. The predicted molar refractivity (Wildman–Crippen MR) is 75.6 cm³/mol. The number of hydrogen-bond acceptors (Lipinski definition) is 3. The van der Waals surface area contributed by atoms with Crippen molar-refractivity contribution in [1.82, 2.24) is 10.2 Å². The highest BCUT2D eigenvalue weighted by molar-refractivity contribution is 7.07. The Morgan fingerprint density at radius 3 is 2.88 bits per heavy atom. The lowest BCUT2D eigenvalue weighted by molar-refractivity contribution is 0.191. The Hall–Kier alpha value is -0.380. The van der Waals surface area contributed by atoms with E-state index >= 15 is 0 Å². The van der Waals surface area contributed by atoms with E-state index in [0.717, 1.165) is 12.5 Å². The molecule has 1 saturated heterocycles. The zero-order chi connectivity index (χ0) is 12.1. The van der Waals surface area contributed by atoms with Gasteiger partial charge in [-0.25, -0.2) is 0 Å². The van der Waals surface area contributed by atoms with Gasteiger partial charge in [0.1, 0.15) is 0 Å². The minimum absolute atomic E-state index is 0.491. The maximum absolute atomic E-state index is 3.61. The van der Waals surface area contributed by atoms with E-state index in [1.807, 2.05) is 0 Å². The van der Waals surface area contributed by atoms with Crippen LogP contribution >= 0.6 is 11.3 Å². The molecule has 1 aromatic heterocycles. The van der Waals surface area contributed by atoms with Crippen LogP contribution in [0.2, 0.25) is 0 Å². The summed E-state index contributed by atoms with van der Waals surface area (Å²) >= 11 is 1.78. The van der Waals surface area contributed by atoms with E-state index in [1.165, 1.54) is 38.0 Å². The summed E-state index contributed by atoms with van der Waals surface area (Å²) in [6.07, 6.45) is 2.75. The Balaban J connectivity index is 1.63. The molecule has 0 saturated carbocycles. The predicted octanol–water partition coefficient (Wildman–Crippen LogP) is 3.13. The van der Waals surface area contributed by atoms with Crippen LogP contribution in [-0.4, -0.2) is 31.1 Å². The number of likely N-dealkylation sites (tertiary alicyclic amines) is 1. The van der Waals surface area contributed by atoms with Crippen molar-refractivity contribution in [3.05, 3.63) is 22.4 Å². The minimum Gasteiger partial charge on any atom is -0.309 e. The summed E-state index contributed by atoms with van der Waals surface area (Å²) in [4.78, 5) is 2.59. The highest BCUT2D eigenvalue weighted by Gasteiger charge is 2.15. The molecule has 2 rings (SSSR count). The molecule has 17 heavy (non-hydrogen) atoms. The van der Waals surface area contributed by atoms with Gasteiger partial charge < -0.3 is 10.2 Å². The van der Waals surface area contributed by atoms with Crippen LogP contribution in [0.1, 0.15) is 38.3 Å². The second-order valence-electron chi connectivity index (χ2n) is 5.26. The van der Waals surface area contributed by atoms with E-state index in [2.05, 4.69) is 40.9 Å². The lowest BCUT2D eigenvalue weighted by atomic mass is 9.99. The molecule has 1 aromatic rings. The fourth-order valence-electron chi connectivity index (χ4n) is 2.36. The Labute approximate surface area is 109 Å². The van der Waals surface area contributed by atoms with E-state index in [9.17, 15) is 0 Å². The summed E-state index contributed by atoms with van der Waals surface area (Å²) in [7, 11) is 0. The molecule has 0 radical (unpaired) electrons. The molecular formula is C14H24N2S. The zero-order valence-electron chi connectivity index (χ0n) is 11.0. The van der Waals surface area contributed by atoms with Crippen LogP contribution in [0.15, 0.2) is 16.8 Å². The fraction of sp³-hybridized carbons (Fsp3) is 0.714.